The summed E-state index contributed by atoms with van der Waals surface area (Å²) < 4.78 is 11.6. The van der Waals surface area contributed by atoms with E-state index in [1.165, 1.54) is 31.2 Å². The van der Waals surface area contributed by atoms with E-state index in [1.807, 2.05) is 7.05 Å². The second-order valence-corrected chi connectivity index (χ2v) is 8.07. The monoisotopic (exact) mass is 439 g/mol. The highest BCUT2D eigenvalue weighted by atomic mass is 79.9. The standard InChI is InChI=1S/C21H34BrN3O2/c1-23-20(24-13-5-6-14-27-16-15-26-2)25-17-21(11-3-4-12-21)18-7-9-19(22)10-8-18/h7-10H,3-6,11-17H2,1-2H3,(H2,23,24,25). The molecule has 1 aromatic carbocycles. The maximum atomic E-state index is 5.49. The Morgan fingerprint density at radius 3 is 2.48 bits per heavy atom. The quantitative estimate of drug-likeness (QED) is 0.312. The molecule has 0 saturated heterocycles. The Kier molecular flexibility index (Phi) is 10.2. The van der Waals surface area contributed by atoms with Crippen LogP contribution in [0.2, 0.25) is 0 Å². The number of aliphatic imine (C=N–C) groups is 1. The van der Waals surface area contributed by atoms with Gasteiger partial charge in [0.2, 0.25) is 0 Å². The first kappa shape index (κ1) is 22.2. The Morgan fingerprint density at radius 1 is 1.07 bits per heavy atom. The summed E-state index contributed by atoms with van der Waals surface area (Å²) in [5.74, 6) is 0.888. The van der Waals surface area contributed by atoms with Gasteiger partial charge in [-0.2, -0.15) is 0 Å². The molecule has 0 aliphatic heterocycles. The molecular weight excluding hydrogens is 406 g/mol. The van der Waals surface area contributed by atoms with Crippen LogP contribution in [-0.4, -0.2) is 53.0 Å². The highest BCUT2D eigenvalue weighted by Crippen LogP contribution is 2.40. The maximum Gasteiger partial charge on any atom is 0.191 e. The molecule has 1 fully saturated rings. The third-order valence-electron chi connectivity index (χ3n) is 5.27. The molecule has 1 aromatic rings. The summed E-state index contributed by atoms with van der Waals surface area (Å²) >= 11 is 3.54. The summed E-state index contributed by atoms with van der Waals surface area (Å²) in [5, 5.41) is 6.99. The van der Waals surface area contributed by atoms with E-state index >= 15 is 0 Å². The van der Waals surface area contributed by atoms with E-state index in [4.69, 9.17) is 9.47 Å². The van der Waals surface area contributed by atoms with E-state index in [9.17, 15) is 0 Å². The Bertz CT molecular complexity index is 557. The number of methoxy groups -OCH3 is 1. The molecule has 0 atom stereocenters. The van der Waals surface area contributed by atoms with Crippen LogP contribution in [0.25, 0.3) is 0 Å². The van der Waals surface area contributed by atoms with Crippen molar-refractivity contribution in [2.45, 2.75) is 43.9 Å². The van der Waals surface area contributed by atoms with Gasteiger partial charge >= 0.3 is 0 Å². The fraction of sp³-hybridized carbons (Fsp3) is 0.667. The number of halogens is 1. The Morgan fingerprint density at radius 2 is 1.81 bits per heavy atom. The van der Waals surface area contributed by atoms with E-state index in [2.05, 4.69) is 55.8 Å². The molecule has 6 heteroatoms. The third kappa shape index (κ3) is 7.43. The van der Waals surface area contributed by atoms with Gasteiger partial charge < -0.3 is 20.1 Å². The molecular formula is C21H34BrN3O2. The Balaban J connectivity index is 1.74. The molecule has 0 unspecified atom stereocenters. The van der Waals surface area contributed by atoms with Crippen LogP contribution in [0, 0.1) is 0 Å². The van der Waals surface area contributed by atoms with Crippen LogP contribution in [0.3, 0.4) is 0 Å². The molecule has 1 saturated carbocycles. The number of rotatable bonds is 11. The van der Waals surface area contributed by atoms with Crippen molar-refractivity contribution in [2.75, 3.05) is 47.1 Å². The summed E-state index contributed by atoms with van der Waals surface area (Å²) in [6.45, 7) is 3.94. The van der Waals surface area contributed by atoms with E-state index in [0.717, 1.165) is 43.0 Å². The number of guanidine groups is 1. The summed E-state index contributed by atoms with van der Waals surface area (Å²) in [4.78, 5) is 4.39. The van der Waals surface area contributed by atoms with E-state index in [0.29, 0.717) is 13.2 Å². The lowest BCUT2D eigenvalue weighted by Gasteiger charge is -2.31. The van der Waals surface area contributed by atoms with Crippen LogP contribution in [0.15, 0.2) is 33.7 Å². The van der Waals surface area contributed by atoms with Gasteiger partial charge in [-0.25, -0.2) is 0 Å². The van der Waals surface area contributed by atoms with Gasteiger partial charge in [-0.05, 0) is 43.4 Å². The highest BCUT2D eigenvalue weighted by Gasteiger charge is 2.35. The van der Waals surface area contributed by atoms with Crippen molar-refractivity contribution in [1.29, 1.82) is 0 Å². The average molecular weight is 440 g/mol. The van der Waals surface area contributed by atoms with E-state index < -0.39 is 0 Å². The summed E-state index contributed by atoms with van der Waals surface area (Å²) in [6, 6.07) is 8.82. The zero-order chi connectivity index (χ0) is 19.4. The Labute approximate surface area is 172 Å². The van der Waals surface area contributed by atoms with Crippen molar-refractivity contribution in [3.05, 3.63) is 34.3 Å². The first-order valence-corrected chi connectivity index (χ1v) is 10.8. The van der Waals surface area contributed by atoms with Crippen molar-refractivity contribution in [3.63, 3.8) is 0 Å². The van der Waals surface area contributed by atoms with E-state index in [1.54, 1.807) is 7.11 Å². The summed E-state index contributed by atoms with van der Waals surface area (Å²) in [6.07, 6.45) is 7.16. The summed E-state index contributed by atoms with van der Waals surface area (Å²) in [7, 11) is 3.53. The second kappa shape index (κ2) is 12.4. The average Bonchev–Trinajstić information content (AvgIpc) is 3.17. The third-order valence-corrected chi connectivity index (χ3v) is 5.80. The SMILES string of the molecule is CN=C(NCCCCOCCOC)NCC1(c2ccc(Br)cc2)CCCC1. The number of unbranched alkanes of at least 4 members (excludes halogenated alkanes) is 1. The normalized spacial score (nSPS) is 16.5. The van der Waals surface area contributed by atoms with Gasteiger partial charge in [-0.3, -0.25) is 4.99 Å². The molecule has 27 heavy (non-hydrogen) atoms. The van der Waals surface area contributed by atoms with Crippen LogP contribution in [-0.2, 0) is 14.9 Å². The van der Waals surface area contributed by atoms with Gasteiger partial charge in [0.15, 0.2) is 5.96 Å². The molecule has 0 bridgehead atoms. The number of nitrogens with zero attached hydrogens (tertiary/aromatic N) is 1. The fourth-order valence-electron chi connectivity index (χ4n) is 3.68. The van der Waals surface area contributed by atoms with Gasteiger partial charge in [0.25, 0.3) is 0 Å². The zero-order valence-corrected chi connectivity index (χ0v) is 18.3. The predicted octanol–water partition coefficient (Wildman–Crippen LogP) is 3.87. The number of hydrogen-bond acceptors (Lipinski definition) is 3. The van der Waals surface area contributed by atoms with Crippen LogP contribution in [0.5, 0.6) is 0 Å². The van der Waals surface area contributed by atoms with Crippen molar-refractivity contribution in [2.24, 2.45) is 4.99 Å². The lowest BCUT2D eigenvalue weighted by molar-refractivity contribution is 0.0689. The fourth-order valence-corrected chi connectivity index (χ4v) is 3.94. The van der Waals surface area contributed by atoms with Crippen molar-refractivity contribution in [1.82, 2.24) is 10.6 Å². The second-order valence-electron chi connectivity index (χ2n) is 7.16. The van der Waals surface area contributed by atoms with Crippen LogP contribution >= 0.6 is 15.9 Å². The first-order chi connectivity index (χ1) is 13.2. The Hall–Kier alpha value is -1.11. The molecule has 5 nitrogen and oxygen atoms in total. The lowest BCUT2D eigenvalue weighted by atomic mass is 9.79. The lowest BCUT2D eigenvalue weighted by Crippen LogP contribution is -2.45. The van der Waals surface area contributed by atoms with Crippen LogP contribution in [0.1, 0.15) is 44.1 Å². The molecule has 0 amide bonds. The molecule has 0 spiro atoms. The first-order valence-electron chi connectivity index (χ1n) is 9.97. The molecule has 1 aliphatic rings. The molecule has 152 valence electrons. The van der Waals surface area contributed by atoms with E-state index in [-0.39, 0.29) is 5.41 Å². The predicted molar refractivity (Wildman–Crippen MR) is 116 cm³/mol. The van der Waals surface area contributed by atoms with Crippen molar-refractivity contribution >= 4 is 21.9 Å². The zero-order valence-electron chi connectivity index (χ0n) is 16.7. The van der Waals surface area contributed by atoms with Crippen molar-refractivity contribution in [3.8, 4) is 0 Å². The van der Waals surface area contributed by atoms with Crippen LogP contribution in [0.4, 0.5) is 0 Å². The minimum Gasteiger partial charge on any atom is -0.382 e. The number of ether oxygens (including phenoxy) is 2. The summed E-state index contributed by atoms with van der Waals surface area (Å²) in [5.41, 5.74) is 1.65. The van der Waals surface area contributed by atoms with Crippen molar-refractivity contribution < 1.29 is 9.47 Å². The largest absolute Gasteiger partial charge is 0.382 e. The topological polar surface area (TPSA) is 54.9 Å². The molecule has 0 heterocycles. The molecule has 2 rings (SSSR count). The smallest absolute Gasteiger partial charge is 0.191 e. The highest BCUT2D eigenvalue weighted by molar-refractivity contribution is 9.10. The molecule has 2 N–H and O–H groups in total. The number of hydrogen-bond donors (Lipinski definition) is 2. The minimum absolute atomic E-state index is 0.216. The number of benzene rings is 1. The van der Waals surface area contributed by atoms with Gasteiger partial charge in [0.1, 0.15) is 0 Å². The molecule has 1 aliphatic carbocycles. The maximum absolute atomic E-state index is 5.49. The van der Waals surface area contributed by atoms with Crippen LogP contribution < -0.4 is 10.6 Å². The minimum atomic E-state index is 0.216. The number of nitrogens with one attached hydrogen (secondary N) is 2. The van der Waals surface area contributed by atoms with Gasteiger partial charge in [0.05, 0.1) is 13.2 Å². The molecule has 0 radical (unpaired) electrons. The van der Waals surface area contributed by atoms with Gasteiger partial charge in [0, 0.05) is 43.7 Å². The van der Waals surface area contributed by atoms with Gasteiger partial charge in [-0.1, -0.05) is 40.9 Å². The molecule has 0 aromatic heterocycles. The van der Waals surface area contributed by atoms with Gasteiger partial charge in [-0.15, -0.1) is 0 Å².